The van der Waals surface area contributed by atoms with Gasteiger partial charge in [-0.1, -0.05) is 18.2 Å². The van der Waals surface area contributed by atoms with Crippen molar-refractivity contribution in [1.82, 2.24) is 29.6 Å². The van der Waals surface area contributed by atoms with Crippen LogP contribution >= 0.6 is 0 Å². The number of amides is 1. The summed E-state index contributed by atoms with van der Waals surface area (Å²) < 4.78 is 1.78. The molecule has 1 saturated heterocycles. The summed E-state index contributed by atoms with van der Waals surface area (Å²) in [6, 6.07) is 8.01. The van der Waals surface area contributed by atoms with Gasteiger partial charge >= 0.3 is 0 Å². The van der Waals surface area contributed by atoms with Crippen LogP contribution in [0.15, 0.2) is 41.5 Å². The number of rotatable bonds is 3. The molecule has 0 radical (unpaired) electrons. The van der Waals surface area contributed by atoms with E-state index in [1.165, 1.54) is 0 Å². The third kappa shape index (κ3) is 3.53. The average Bonchev–Trinajstić information content (AvgIpc) is 3.39. The highest BCUT2D eigenvalue weighted by Gasteiger charge is 2.25. The largest absolute Gasteiger partial charge is 0.361 e. The molecule has 9 nitrogen and oxygen atoms in total. The lowest BCUT2D eigenvalue weighted by molar-refractivity contribution is -0.130. The van der Waals surface area contributed by atoms with Crippen molar-refractivity contribution in [2.75, 3.05) is 31.1 Å². The van der Waals surface area contributed by atoms with Gasteiger partial charge < -0.3 is 14.8 Å². The number of carbonyl (C=O) groups excluding carboxylic acids is 1. The van der Waals surface area contributed by atoms with Crippen LogP contribution in [0.3, 0.4) is 0 Å². The van der Waals surface area contributed by atoms with Crippen LogP contribution < -0.4 is 10.5 Å². The highest BCUT2D eigenvalue weighted by Crippen LogP contribution is 2.21. The van der Waals surface area contributed by atoms with Crippen molar-refractivity contribution >= 4 is 33.8 Å². The predicted octanol–water partition coefficient (Wildman–Crippen LogP) is 2.25. The summed E-state index contributed by atoms with van der Waals surface area (Å²) in [5.41, 5.74) is 2.15. The van der Waals surface area contributed by atoms with E-state index in [9.17, 15) is 9.59 Å². The average molecular weight is 434 g/mol. The lowest BCUT2D eigenvalue weighted by Gasteiger charge is -2.35. The number of benzene rings is 1. The van der Waals surface area contributed by atoms with Crippen LogP contribution in [-0.2, 0) is 16.8 Å². The van der Waals surface area contributed by atoms with Gasteiger partial charge in [-0.3, -0.25) is 14.6 Å². The SMILES string of the molecule is CC(C)(C)n1ncc2c(=O)[nH]c(N3CCN(C(=O)Cc4c[nH]c5ccccc45)CC3)nc21. The zero-order valence-corrected chi connectivity index (χ0v) is 18.6. The molecule has 3 aromatic heterocycles. The van der Waals surface area contributed by atoms with Gasteiger partial charge in [-0.25, -0.2) is 4.68 Å². The molecule has 5 rings (SSSR count). The normalized spacial score (nSPS) is 15.1. The molecular formula is C23H27N7O2. The van der Waals surface area contributed by atoms with Crippen LogP contribution in [0.5, 0.6) is 0 Å². The molecule has 0 aliphatic carbocycles. The zero-order chi connectivity index (χ0) is 22.5. The van der Waals surface area contributed by atoms with E-state index in [0.717, 1.165) is 16.5 Å². The molecule has 32 heavy (non-hydrogen) atoms. The van der Waals surface area contributed by atoms with Crippen molar-refractivity contribution in [3.8, 4) is 0 Å². The minimum atomic E-state index is -0.284. The number of piperazine rings is 1. The Hall–Kier alpha value is -3.62. The number of anilines is 1. The summed E-state index contributed by atoms with van der Waals surface area (Å²) in [6.07, 6.45) is 3.86. The monoisotopic (exact) mass is 433 g/mol. The van der Waals surface area contributed by atoms with Crippen molar-refractivity contribution < 1.29 is 4.79 Å². The maximum atomic E-state index is 12.9. The summed E-state index contributed by atoms with van der Waals surface area (Å²) in [6.45, 7) is 8.47. The van der Waals surface area contributed by atoms with Gasteiger partial charge in [0.1, 0.15) is 5.39 Å². The molecule has 4 aromatic rings. The molecule has 0 bridgehead atoms. The first-order valence-electron chi connectivity index (χ1n) is 10.9. The summed E-state index contributed by atoms with van der Waals surface area (Å²) in [7, 11) is 0. The highest BCUT2D eigenvalue weighted by molar-refractivity contribution is 5.89. The van der Waals surface area contributed by atoms with Crippen molar-refractivity contribution in [3.05, 3.63) is 52.6 Å². The molecule has 1 aliphatic heterocycles. The standard InChI is InChI=1S/C23H27N7O2/c1-23(2,3)30-20-17(14-25-30)21(32)27-22(26-20)29-10-8-28(9-11-29)19(31)12-15-13-24-18-7-5-4-6-16(15)18/h4-7,13-14,24H,8-12H2,1-3H3,(H,26,27,32). The first-order valence-corrected chi connectivity index (χ1v) is 10.9. The summed E-state index contributed by atoms with van der Waals surface area (Å²) >= 11 is 0. The number of nitrogens with zero attached hydrogens (tertiary/aromatic N) is 5. The second-order valence-corrected chi connectivity index (χ2v) is 9.26. The van der Waals surface area contributed by atoms with E-state index in [1.54, 1.807) is 10.9 Å². The van der Waals surface area contributed by atoms with E-state index in [4.69, 9.17) is 4.98 Å². The molecule has 166 valence electrons. The number of aromatic amines is 2. The summed E-state index contributed by atoms with van der Waals surface area (Å²) in [5, 5.41) is 5.94. The highest BCUT2D eigenvalue weighted by atomic mass is 16.2. The fourth-order valence-corrected chi connectivity index (χ4v) is 4.27. The maximum absolute atomic E-state index is 12.9. The fourth-order valence-electron chi connectivity index (χ4n) is 4.27. The molecule has 1 aliphatic rings. The molecule has 0 atom stereocenters. The van der Waals surface area contributed by atoms with Crippen LogP contribution in [0.2, 0.25) is 0 Å². The topological polar surface area (TPSA) is 103 Å². The van der Waals surface area contributed by atoms with Crippen molar-refractivity contribution in [1.29, 1.82) is 0 Å². The quantitative estimate of drug-likeness (QED) is 0.516. The van der Waals surface area contributed by atoms with Crippen molar-refractivity contribution in [3.63, 3.8) is 0 Å². The number of hydrogen-bond acceptors (Lipinski definition) is 5. The first kappa shape index (κ1) is 20.3. The molecule has 1 aromatic carbocycles. The van der Waals surface area contributed by atoms with E-state index in [1.807, 2.05) is 61.0 Å². The first-order chi connectivity index (χ1) is 15.3. The van der Waals surface area contributed by atoms with Gasteiger partial charge in [0, 0.05) is 43.3 Å². The number of para-hydroxylation sites is 1. The smallest absolute Gasteiger partial charge is 0.263 e. The van der Waals surface area contributed by atoms with Gasteiger partial charge in [0.2, 0.25) is 11.9 Å². The van der Waals surface area contributed by atoms with Gasteiger partial charge in [-0.05, 0) is 32.4 Å². The molecular weight excluding hydrogens is 406 g/mol. The number of fused-ring (bicyclic) bond motifs is 2. The van der Waals surface area contributed by atoms with E-state index in [-0.39, 0.29) is 17.0 Å². The second-order valence-electron chi connectivity index (χ2n) is 9.26. The number of nitrogens with one attached hydrogen (secondary N) is 2. The summed E-state index contributed by atoms with van der Waals surface area (Å²) in [4.78, 5) is 40.2. The third-order valence-corrected chi connectivity index (χ3v) is 6.01. The lowest BCUT2D eigenvalue weighted by atomic mass is 10.1. The minimum Gasteiger partial charge on any atom is -0.361 e. The third-order valence-electron chi connectivity index (χ3n) is 6.01. The predicted molar refractivity (Wildman–Crippen MR) is 124 cm³/mol. The molecule has 1 fully saturated rings. The Bertz CT molecular complexity index is 1350. The molecule has 4 heterocycles. The van der Waals surface area contributed by atoms with Gasteiger partial charge in [-0.2, -0.15) is 10.1 Å². The second kappa shape index (κ2) is 7.51. The maximum Gasteiger partial charge on any atom is 0.263 e. The van der Waals surface area contributed by atoms with Crippen LogP contribution in [-0.4, -0.2) is 61.7 Å². The van der Waals surface area contributed by atoms with Gasteiger partial charge in [0.25, 0.3) is 5.56 Å². The molecule has 2 N–H and O–H groups in total. The Labute approximate surface area is 185 Å². The molecule has 0 unspecified atom stereocenters. The van der Waals surface area contributed by atoms with Crippen LogP contribution in [0, 0.1) is 0 Å². The van der Waals surface area contributed by atoms with E-state index in [2.05, 4.69) is 15.1 Å². The van der Waals surface area contributed by atoms with Gasteiger partial charge in [-0.15, -0.1) is 0 Å². The minimum absolute atomic E-state index is 0.108. The Morgan fingerprint density at radius 2 is 1.84 bits per heavy atom. The van der Waals surface area contributed by atoms with E-state index < -0.39 is 0 Å². The molecule has 0 saturated carbocycles. The molecule has 0 spiro atoms. The fraction of sp³-hybridized carbons (Fsp3) is 0.391. The number of H-pyrrole nitrogens is 2. The Morgan fingerprint density at radius 3 is 2.59 bits per heavy atom. The van der Waals surface area contributed by atoms with E-state index in [0.29, 0.717) is 49.6 Å². The van der Waals surface area contributed by atoms with E-state index >= 15 is 0 Å². The zero-order valence-electron chi connectivity index (χ0n) is 18.6. The van der Waals surface area contributed by atoms with Gasteiger partial charge in [0.05, 0.1) is 18.2 Å². The summed E-state index contributed by atoms with van der Waals surface area (Å²) in [5.74, 6) is 0.634. The Morgan fingerprint density at radius 1 is 1.09 bits per heavy atom. The Kier molecular flexibility index (Phi) is 4.76. The molecule has 1 amide bonds. The van der Waals surface area contributed by atoms with Gasteiger partial charge in [0.15, 0.2) is 5.65 Å². The number of carbonyl (C=O) groups is 1. The Balaban J connectivity index is 1.31. The van der Waals surface area contributed by atoms with Crippen molar-refractivity contribution in [2.45, 2.75) is 32.7 Å². The van der Waals surface area contributed by atoms with Crippen molar-refractivity contribution in [2.24, 2.45) is 0 Å². The van der Waals surface area contributed by atoms with Crippen LogP contribution in [0.25, 0.3) is 21.9 Å². The lowest BCUT2D eigenvalue weighted by Crippen LogP contribution is -2.50. The van der Waals surface area contributed by atoms with Crippen LogP contribution in [0.4, 0.5) is 5.95 Å². The van der Waals surface area contributed by atoms with Crippen LogP contribution in [0.1, 0.15) is 26.3 Å². The molecule has 9 heteroatoms. The number of hydrogen-bond donors (Lipinski definition) is 2. The number of aromatic nitrogens is 5.